The van der Waals surface area contributed by atoms with Crippen molar-refractivity contribution in [3.63, 3.8) is 0 Å². The normalized spacial score (nSPS) is 13.2. The zero-order chi connectivity index (χ0) is 18.5. The van der Waals surface area contributed by atoms with Crippen LogP contribution in [0.15, 0.2) is 47.4 Å². The Labute approximate surface area is 154 Å². The highest BCUT2D eigenvalue weighted by atomic mass is 32.2. The molecule has 0 bridgehead atoms. The molecule has 2 aromatic carbocycles. The van der Waals surface area contributed by atoms with Crippen molar-refractivity contribution in [1.82, 2.24) is 0 Å². The topological polar surface area (TPSA) is 46.6 Å². The monoisotopic (exact) mass is 377 g/mol. The van der Waals surface area contributed by atoms with Crippen molar-refractivity contribution in [1.29, 1.82) is 0 Å². The molecular formula is C19H17F2NO3S. The average molecular weight is 377 g/mol. The number of hydrogen-bond donors (Lipinski definition) is 0. The predicted octanol–water partition coefficient (Wildman–Crippen LogP) is 3.58. The number of esters is 1. The van der Waals surface area contributed by atoms with E-state index in [1.807, 2.05) is 24.3 Å². The molecule has 0 aromatic heterocycles. The zero-order valence-electron chi connectivity index (χ0n) is 13.9. The van der Waals surface area contributed by atoms with E-state index in [0.717, 1.165) is 54.1 Å². The predicted molar refractivity (Wildman–Crippen MR) is 95.2 cm³/mol. The van der Waals surface area contributed by atoms with Gasteiger partial charge in [-0.1, -0.05) is 18.2 Å². The second-order valence-corrected chi connectivity index (χ2v) is 6.82. The molecule has 1 aliphatic heterocycles. The quantitative estimate of drug-likeness (QED) is 0.590. The number of benzene rings is 2. The highest BCUT2D eigenvalue weighted by Gasteiger charge is 2.23. The molecule has 0 N–H and O–H groups in total. The second-order valence-electron chi connectivity index (χ2n) is 5.80. The van der Waals surface area contributed by atoms with E-state index in [0.29, 0.717) is 6.54 Å². The molecule has 0 atom stereocenters. The van der Waals surface area contributed by atoms with Crippen LogP contribution in [0.25, 0.3) is 0 Å². The molecule has 26 heavy (non-hydrogen) atoms. The summed E-state index contributed by atoms with van der Waals surface area (Å²) in [6, 6.07) is 10.7. The van der Waals surface area contributed by atoms with Gasteiger partial charge in [0, 0.05) is 17.1 Å². The van der Waals surface area contributed by atoms with Crippen LogP contribution in [0, 0.1) is 11.6 Å². The second kappa shape index (κ2) is 8.31. The number of carbonyl (C=O) groups is 2. The summed E-state index contributed by atoms with van der Waals surface area (Å²) >= 11 is 0.831. The number of halogens is 2. The summed E-state index contributed by atoms with van der Waals surface area (Å²) in [5.74, 6) is -2.35. The van der Waals surface area contributed by atoms with Gasteiger partial charge in [-0.2, -0.15) is 0 Å². The number of amides is 1. The largest absolute Gasteiger partial charge is 0.455 e. The fraction of sp³-hybridized carbons (Fsp3) is 0.263. The molecule has 0 saturated heterocycles. The molecular weight excluding hydrogens is 360 g/mol. The lowest BCUT2D eigenvalue weighted by molar-refractivity contribution is -0.145. The molecule has 1 aliphatic rings. The van der Waals surface area contributed by atoms with Gasteiger partial charge in [-0.3, -0.25) is 9.59 Å². The fourth-order valence-corrected chi connectivity index (χ4v) is 3.54. The number of aryl methyl sites for hydroxylation is 1. The lowest BCUT2D eigenvalue weighted by Gasteiger charge is -2.29. The van der Waals surface area contributed by atoms with Crippen molar-refractivity contribution >= 4 is 29.3 Å². The van der Waals surface area contributed by atoms with Crippen LogP contribution in [0.2, 0.25) is 0 Å². The zero-order valence-corrected chi connectivity index (χ0v) is 14.7. The Morgan fingerprint density at radius 2 is 1.96 bits per heavy atom. The molecule has 0 radical (unpaired) electrons. The first-order chi connectivity index (χ1) is 12.5. The van der Waals surface area contributed by atoms with Crippen LogP contribution in [0.4, 0.5) is 14.5 Å². The van der Waals surface area contributed by atoms with Crippen LogP contribution >= 0.6 is 11.8 Å². The van der Waals surface area contributed by atoms with Crippen LogP contribution in [0.5, 0.6) is 0 Å². The number of anilines is 1. The van der Waals surface area contributed by atoms with E-state index in [4.69, 9.17) is 4.74 Å². The summed E-state index contributed by atoms with van der Waals surface area (Å²) < 4.78 is 31.6. The standard InChI is InChI=1S/C19H17F2NO3S/c20-14-7-8-15(21)17(10-14)26-12-19(24)25-11-18(23)22-9-3-5-13-4-1-2-6-16(13)22/h1-2,4,6-8,10H,3,5,9,11-12H2. The highest BCUT2D eigenvalue weighted by Crippen LogP contribution is 2.27. The Kier molecular flexibility index (Phi) is 5.88. The maximum Gasteiger partial charge on any atom is 0.316 e. The molecule has 0 spiro atoms. The van der Waals surface area contributed by atoms with E-state index in [2.05, 4.69) is 0 Å². The van der Waals surface area contributed by atoms with Crippen molar-refractivity contribution in [2.75, 3.05) is 23.8 Å². The lowest BCUT2D eigenvalue weighted by Crippen LogP contribution is -2.38. The van der Waals surface area contributed by atoms with Crippen molar-refractivity contribution in [3.05, 3.63) is 59.7 Å². The smallest absolute Gasteiger partial charge is 0.316 e. The van der Waals surface area contributed by atoms with E-state index in [-0.39, 0.29) is 23.2 Å². The molecule has 3 rings (SSSR count). The Morgan fingerprint density at radius 3 is 2.81 bits per heavy atom. The van der Waals surface area contributed by atoms with Crippen molar-refractivity contribution in [2.24, 2.45) is 0 Å². The SMILES string of the molecule is O=C(CSc1cc(F)ccc1F)OCC(=O)N1CCCc2ccccc21. The van der Waals surface area contributed by atoms with Crippen LogP contribution in [0.1, 0.15) is 12.0 Å². The molecule has 1 amide bonds. The van der Waals surface area contributed by atoms with Crippen LogP contribution in [0.3, 0.4) is 0 Å². The molecule has 1 heterocycles. The van der Waals surface area contributed by atoms with Gasteiger partial charge in [-0.25, -0.2) is 8.78 Å². The Balaban J connectivity index is 1.52. The lowest BCUT2D eigenvalue weighted by atomic mass is 10.0. The molecule has 7 heteroatoms. The minimum atomic E-state index is -0.655. The van der Waals surface area contributed by atoms with E-state index in [9.17, 15) is 18.4 Å². The van der Waals surface area contributed by atoms with Gasteiger partial charge in [0.2, 0.25) is 0 Å². The first-order valence-corrected chi connectivity index (χ1v) is 9.15. The number of thioether (sulfide) groups is 1. The van der Waals surface area contributed by atoms with Gasteiger partial charge in [0.15, 0.2) is 6.61 Å². The van der Waals surface area contributed by atoms with E-state index in [1.54, 1.807) is 4.90 Å². The summed E-state index contributed by atoms with van der Waals surface area (Å²) in [7, 11) is 0. The minimum Gasteiger partial charge on any atom is -0.455 e. The third kappa shape index (κ3) is 4.40. The van der Waals surface area contributed by atoms with E-state index in [1.165, 1.54) is 0 Å². The fourth-order valence-electron chi connectivity index (χ4n) is 2.78. The summed E-state index contributed by atoms with van der Waals surface area (Å²) in [5, 5.41) is 0. The van der Waals surface area contributed by atoms with E-state index < -0.39 is 17.6 Å². The minimum absolute atomic E-state index is 0.0261. The molecule has 0 aliphatic carbocycles. The van der Waals surface area contributed by atoms with Gasteiger partial charge in [0.05, 0.1) is 5.75 Å². The number of fused-ring (bicyclic) bond motifs is 1. The first kappa shape index (κ1) is 18.4. The van der Waals surface area contributed by atoms with Gasteiger partial charge in [0.25, 0.3) is 5.91 Å². The van der Waals surface area contributed by atoms with Crippen LogP contribution in [-0.4, -0.2) is 30.8 Å². The molecule has 0 unspecified atom stereocenters. The van der Waals surface area contributed by atoms with Crippen molar-refractivity contribution in [2.45, 2.75) is 17.7 Å². The van der Waals surface area contributed by atoms with Crippen LogP contribution in [-0.2, 0) is 20.7 Å². The molecule has 2 aromatic rings. The summed E-state index contributed by atoms with van der Waals surface area (Å²) in [6.07, 6.45) is 1.76. The Hall–Kier alpha value is -2.41. The number of para-hydroxylation sites is 1. The molecule has 136 valence electrons. The van der Waals surface area contributed by atoms with Crippen LogP contribution < -0.4 is 4.90 Å². The van der Waals surface area contributed by atoms with Gasteiger partial charge in [0.1, 0.15) is 11.6 Å². The average Bonchev–Trinajstić information content (AvgIpc) is 2.66. The highest BCUT2D eigenvalue weighted by molar-refractivity contribution is 8.00. The number of hydrogen-bond acceptors (Lipinski definition) is 4. The van der Waals surface area contributed by atoms with Crippen molar-refractivity contribution < 1.29 is 23.1 Å². The molecule has 0 fully saturated rings. The van der Waals surface area contributed by atoms with Gasteiger partial charge < -0.3 is 9.64 Å². The molecule has 0 saturated carbocycles. The molecule has 4 nitrogen and oxygen atoms in total. The number of nitrogens with zero attached hydrogens (tertiary/aromatic N) is 1. The number of ether oxygens (including phenoxy) is 1. The van der Waals surface area contributed by atoms with E-state index >= 15 is 0 Å². The Bertz CT molecular complexity index is 828. The van der Waals surface area contributed by atoms with Gasteiger partial charge in [-0.15, -0.1) is 11.8 Å². The number of carbonyl (C=O) groups excluding carboxylic acids is 2. The Morgan fingerprint density at radius 1 is 1.15 bits per heavy atom. The third-order valence-corrected chi connectivity index (χ3v) is 5.01. The van der Waals surface area contributed by atoms with Gasteiger partial charge >= 0.3 is 5.97 Å². The summed E-state index contributed by atoms with van der Waals surface area (Å²) in [6.45, 7) is 0.204. The maximum absolute atomic E-state index is 13.5. The maximum atomic E-state index is 13.5. The summed E-state index contributed by atoms with van der Waals surface area (Å²) in [5.41, 5.74) is 1.94. The third-order valence-electron chi connectivity index (χ3n) is 4.01. The first-order valence-electron chi connectivity index (χ1n) is 8.16. The van der Waals surface area contributed by atoms with Crippen molar-refractivity contribution in [3.8, 4) is 0 Å². The number of rotatable bonds is 5. The summed E-state index contributed by atoms with van der Waals surface area (Å²) in [4.78, 5) is 25.8. The van der Waals surface area contributed by atoms with Gasteiger partial charge in [-0.05, 0) is 42.7 Å².